The number of rotatable bonds is 6. The third-order valence-electron chi connectivity index (χ3n) is 2.06. The van der Waals surface area contributed by atoms with Crippen LogP contribution in [0.2, 0.25) is 0 Å². The minimum absolute atomic E-state index is 0.972. The molecule has 1 atom stereocenters. The van der Waals surface area contributed by atoms with Gasteiger partial charge in [0, 0.05) is 5.33 Å². The molecule has 0 saturated heterocycles. The second-order valence-corrected chi connectivity index (χ2v) is 3.69. The molecule has 10 heavy (non-hydrogen) atoms. The number of alkyl halides is 1. The van der Waals surface area contributed by atoms with Gasteiger partial charge in [0.2, 0.25) is 0 Å². The summed E-state index contributed by atoms with van der Waals surface area (Å²) in [7, 11) is 0. The third kappa shape index (κ3) is 5.28. The maximum Gasteiger partial charge on any atom is 0.00339 e. The Morgan fingerprint density at radius 2 is 1.90 bits per heavy atom. The summed E-state index contributed by atoms with van der Waals surface area (Å²) >= 11 is 3.48. The molecule has 0 radical (unpaired) electrons. The molecule has 62 valence electrons. The summed E-state index contributed by atoms with van der Waals surface area (Å²) in [6.07, 6.45) is 6.89. The van der Waals surface area contributed by atoms with Crippen LogP contribution in [0.1, 0.15) is 46.0 Å². The fourth-order valence-corrected chi connectivity index (χ4v) is 1.85. The number of hydrogen-bond acceptors (Lipinski definition) is 0. The zero-order chi connectivity index (χ0) is 7.82. The van der Waals surface area contributed by atoms with Gasteiger partial charge >= 0.3 is 0 Å². The summed E-state index contributed by atoms with van der Waals surface area (Å²) in [5, 5.41) is 1.18. The van der Waals surface area contributed by atoms with Crippen LogP contribution in [0.15, 0.2) is 0 Å². The molecule has 0 N–H and O–H groups in total. The summed E-state index contributed by atoms with van der Waals surface area (Å²) < 4.78 is 0. The van der Waals surface area contributed by atoms with Crippen molar-refractivity contribution in [1.82, 2.24) is 0 Å². The molecule has 0 rings (SSSR count). The van der Waals surface area contributed by atoms with Crippen LogP contribution >= 0.6 is 15.9 Å². The largest absolute Gasteiger partial charge is 0.0928 e. The molecule has 0 fully saturated rings. The second-order valence-electron chi connectivity index (χ2n) is 2.89. The van der Waals surface area contributed by atoms with Crippen LogP contribution in [-0.4, -0.2) is 5.33 Å². The first kappa shape index (κ1) is 10.5. The molecule has 0 bridgehead atoms. The van der Waals surface area contributed by atoms with E-state index in [0.29, 0.717) is 0 Å². The van der Waals surface area contributed by atoms with Crippen LogP contribution in [0.5, 0.6) is 0 Å². The maximum absolute atomic E-state index is 3.48. The van der Waals surface area contributed by atoms with Crippen LogP contribution in [0.25, 0.3) is 0 Å². The van der Waals surface area contributed by atoms with Gasteiger partial charge in [-0.1, -0.05) is 55.5 Å². The summed E-state index contributed by atoms with van der Waals surface area (Å²) in [5.74, 6) is 0.972. The first-order valence-corrected chi connectivity index (χ1v) is 5.53. The molecule has 1 heteroatoms. The Balaban J connectivity index is 3.21. The summed E-state index contributed by atoms with van der Waals surface area (Å²) in [6.45, 7) is 4.56. The number of unbranched alkanes of at least 4 members (excludes halogenated alkanes) is 1. The Hall–Kier alpha value is 0.480. The predicted molar refractivity (Wildman–Crippen MR) is 51.7 cm³/mol. The molecule has 0 aromatic rings. The van der Waals surface area contributed by atoms with E-state index in [-0.39, 0.29) is 0 Å². The molecule has 0 aromatic carbocycles. The van der Waals surface area contributed by atoms with Gasteiger partial charge in [-0.25, -0.2) is 0 Å². The topological polar surface area (TPSA) is 0 Å². The molecule has 0 heterocycles. The minimum Gasteiger partial charge on any atom is -0.0928 e. The minimum atomic E-state index is 0.972. The molecule has 0 aromatic heterocycles. The van der Waals surface area contributed by atoms with Gasteiger partial charge in [0.15, 0.2) is 0 Å². The molecule has 0 aliphatic rings. The van der Waals surface area contributed by atoms with Gasteiger partial charge in [-0.05, 0) is 12.3 Å². The number of halogens is 1. The fourth-order valence-electron chi connectivity index (χ4n) is 1.20. The standard InChI is InChI=1S/C9H19Br/c1-3-5-6-9(4-2)7-8-10/h9H,3-8H2,1-2H3/t9-/m0/s1. The fraction of sp³-hybridized carbons (Fsp3) is 1.00. The molecular formula is C9H19Br. The van der Waals surface area contributed by atoms with Crippen molar-refractivity contribution in [1.29, 1.82) is 0 Å². The van der Waals surface area contributed by atoms with E-state index >= 15 is 0 Å². The van der Waals surface area contributed by atoms with Crippen molar-refractivity contribution in [2.24, 2.45) is 5.92 Å². The molecule has 0 saturated carbocycles. The Kier molecular flexibility index (Phi) is 7.95. The first-order chi connectivity index (χ1) is 4.85. The lowest BCUT2D eigenvalue weighted by molar-refractivity contribution is 0.442. The Bertz CT molecular complexity index is 61.7. The predicted octanol–water partition coefficient (Wildman–Crippen LogP) is 3.99. The highest BCUT2D eigenvalue weighted by molar-refractivity contribution is 9.09. The molecule has 0 nitrogen and oxygen atoms in total. The average molecular weight is 207 g/mol. The van der Waals surface area contributed by atoms with Crippen molar-refractivity contribution in [3.05, 3.63) is 0 Å². The first-order valence-electron chi connectivity index (χ1n) is 4.41. The van der Waals surface area contributed by atoms with Crippen molar-refractivity contribution in [3.63, 3.8) is 0 Å². The van der Waals surface area contributed by atoms with Crippen LogP contribution in [0.3, 0.4) is 0 Å². The van der Waals surface area contributed by atoms with Gasteiger partial charge in [-0.15, -0.1) is 0 Å². The number of hydrogen-bond donors (Lipinski definition) is 0. The van der Waals surface area contributed by atoms with E-state index in [4.69, 9.17) is 0 Å². The molecule has 0 aliphatic heterocycles. The summed E-state index contributed by atoms with van der Waals surface area (Å²) in [5.41, 5.74) is 0. The molecular weight excluding hydrogens is 188 g/mol. The van der Waals surface area contributed by atoms with E-state index in [1.165, 1.54) is 37.4 Å². The van der Waals surface area contributed by atoms with E-state index in [1.807, 2.05) is 0 Å². The van der Waals surface area contributed by atoms with Crippen LogP contribution < -0.4 is 0 Å². The van der Waals surface area contributed by atoms with Crippen molar-refractivity contribution in [2.45, 2.75) is 46.0 Å². The van der Waals surface area contributed by atoms with Gasteiger partial charge in [0.25, 0.3) is 0 Å². The molecule has 0 unspecified atom stereocenters. The molecule has 0 amide bonds. The molecule has 0 spiro atoms. The van der Waals surface area contributed by atoms with Gasteiger partial charge in [0.1, 0.15) is 0 Å². The van der Waals surface area contributed by atoms with Crippen molar-refractivity contribution in [3.8, 4) is 0 Å². The van der Waals surface area contributed by atoms with E-state index in [0.717, 1.165) is 5.92 Å². The van der Waals surface area contributed by atoms with E-state index < -0.39 is 0 Å². The average Bonchev–Trinajstić information content (AvgIpc) is 1.98. The highest BCUT2D eigenvalue weighted by Crippen LogP contribution is 2.16. The Morgan fingerprint density at radius 1 is 1.20 bits per heavy atom. The zero-order valence-corrected chi connectivity index (χ0v) is 8.78. The SMILES string of the molecule is CCCC[C@H](CC)CCBr. The van der Waals surface area contributed by atoms with Crippen molar-refractivity contribution < 1.29 is 0 Å². The summed E-state index contributed by atoms with van der Waals surface area (Å²) in [4.78, 5) is 0. The smallest absolute Gasteiger partial charge is 0.00339 e. The summed E-state index contributed by atoms with van der Waals surface area (Å²) in [6, 6.07) is 0. The monoisotopic (exact) mass is 206 g/mol. The lowest BCUT2D eigenvalue weighted by Crippen LogP contribution is -1.98. The Morgan fingerprint density at radius 3 is 2.30 bits per heavy atom. The van der Waals surface area contributed by atoms with E-state index in [9.17, 15) is 0 Å². The van der Waals surface area contributed by atoms with Crippen LogP contribution in [-0.2, 0) is 0 Å². The third-order valence-corrected chi connectivity index (χ3v) is 2.52. The van der Waals surface area contributed by atoms with Gasteiger partial charge in [-0.3, -0.25) is 0 Å². The highest BCUT2D eigenvalue weighted by Gasteiger charge is 2.02. The van der Waals surface area contributed by atoms with Crippen LogP contribution in [0.4, 0.5) is 0 Å². The lowest BCUT2D eigenvalue weighted by atomic mass is 9.97. The highest BCUT2D eigenvalue weighted by atomic mass is 79.9. The molecule has 0 aliphatic carbocycles. The lowest BCUT2D eigenvalue weighted by Gasteiger charge is -2.11. The van der Waals surface area contributed by atoms with Crippen LogP contribution in [0, 0.1) is 5.92 Å². The van der Waals surface area contributed by atoms with Gasteiger partial charge in [0.05, 0.1) is 0 Å². The normalized spacial score (nSPS) is 13.5. The Labute approximate surface area is 73.5 Å². The van der Waals surface area contributed by atoms with E-state index in [2.05, 4.69) is 29.8 Å². The van der Waals surface area contributed by atoms with Gasteiger partial charge in [-0.2, -0.15) is 0 Å². The van der Waals surface area contributed by atoms with Crippen molar-refractivity contribution >= 4 is 15.9 Å². The second kappa shape index (κ2) is 7.59. The maximum atomic E-state index is 3.48. The van der Waals surface area contributed by atoms with Gasteiger partial charge < -0.3 is 0 Å². The quantitative estimate of drug-likeness (QED) is 0.577. The van der Waals surface area contributed by atoms with Crippen molar-refractivity contribution in [2.75, 3.05) is 5.33 Å². The van der Waals surface area contributed by atoms with E-state index in [1.54, 1.807) is 0 Å². The zero-order valence-electron chi connectivity index (χ0n) is 7.20.